The molecule has 2 aliphatic rings. The van der Waals surface area contributed by atoms with Gasteiger partial charge in [-0.15, -0.1) is 11.8 Å². The number of rotatable bonds is 8. The highest BCUT2D eigenvalue weighted by Crippen LogP contribution is 2.40. The number of carboxylic acids is 1. The van der Waals surface area contributed by atoms with E-state index in [0.717, 1.165) is 4.90 Å². The van der Waals surface area contributed by atoms with Crippen molar-refractivity contribution < 1.29 is 41.8 Å². The fraction of sp³-hybridized carbons (Fsp3) is 0.227. The number of nitrogens with one attached hydrogen (secondary N) is 1. The van der Waals surface area contributed by atoms with Crippen LogP contribution in [-0.4, -0.2) is 63.8 Å². The third-order valence-corrected chi connectivity index (χ3v) is 8.16. The van der Waals surface area contributed by atoms with Crippen molar-refractivity contribution in [3.63, 3.8) is 0 Å². The molecule has 14 heteroatoms. The van der Waals surface area contributed by atoms with Crippen molar-refractivity contribution in [3.8, 4) is 0 Å². The van der Waals surface area contributed by atoms with Crippen molar-refractivity contribution in [3.05, 3.63) is 77.3 Å². The molecule has 3 atom stereocenters. The molecule has 1 unspecified atom stereocenters. The minimum absolute atomic E-state index is 0.0187. The number of pyridine rings is 1. The van der Waals surface area contributed by atoms with Crippen LogP contribution in [-0.2, 0) is 31.0 Å². The first-order valence-electron chi connectivity index (χ1n) is 10.5. The molecule has 0 aliphatic carbocycles. The molecule has 12 nitrogen and oxygen atoms in total. The monoisotopic (exact) mass is 533 g/mol. The molecule has 1 saturated heterocycles. The van der Waals surface area contributed by atoms with Crippen molar-refractivity contribution in [2.24, 2.45) is 5.73 Å². The van der Waals surface area contributed by atoms with Crippen molar-refractivity contribution in [2.75, 3.05) is 5.75 Å². The number of β-lactam (4-membered cyclic amide) rings is 1. The van der Waals surface area contributed by atoms with Gasteiger partial charge in [0.2, 0.25) is 11.8 Å². The summed E-state index contributed by atoms with van der Waals surface area (Å²) in [5.41, 5.74) is 5.73. The van der Waals surface area contributed by atoms with Gasteiger partial charge in [-0.1, -0.05) is 30.3 Å². The van der Waals surface area contributed by atoms with Gasteiger partial charge in [0.1, 0.15) is 17.1 Å². The lowest BCUT2D eigenvalue weighted by Crippen LogP contribution is -2.71. The standard InChI is InChI=1S/C22H20N4O8S2/c23-18(27)13-6-8-25(9-7-13)10-14-11-35-21-15(20(29)26(21)16(14)22(30)31)24-19(28)17(36(32,33)34)12-4-2-1-3-5-12/h1-9,15,17,21H,10-11H2,(H4-,23,24,27,28,30,31,32,33,34)/p+1/t15-,17?,21-/m0/s1. The molecule has 1 fully saturated rings. The average Bonchev–Trinajstić information content (AvgIpc) is 2.82. The second-order valence-corrected chi connectivity index (χ2v) is 10.7. The van der Waals surface area contributed by atoms with Gasteiger partial charge in [-0.05, 0) is 5.56 Å². The zero-order valence-corrected chi connectivity index (χ0v) is 20.1. The Labute approximate surface area is 209 Å². The van der Waals surface area contributed by atoms with Crippen LogP contribution in [0.4, 0.5) is 0 Å². The summed E-state index contributed by atoms with van der Waals surface area (Å²) in [6.07, 6.45) is 3.12. The zero-order valence-electron chi connectivity index (χ0n) is 18.5. The third-order valence-electron chi connectivity index (χ3n) is 5.73. The Bertz CT molecular complexity index is 1380. The fourth-order valence-corrected chi connectivity index (χ4v) is 6.24. The number of carboxylic acid groups (broad SMARTS) is 1. The summed E-state index contributed by atoms with van der Waals surface area (Å²) < 4.78 is 35.1. The number of nitrogens with zero attached hydrogens (tertiary/aromatic N) is 2. The number of thioether (sulfide) groups is 1. The number of amides is 3. The first-order valence-corrected chi connectivity index (χ1v) is 13.0. The van der Waals surface area contributed by atoms with Crippen molar-refractivity contribution in [2.45, 2.75) is 23.2 Å². The van der Waals surface area contributed by atoms with E-state index in [-0.39, 0.29) is 29.1 Å². The van der Waals surface area contributed by atoms with E-state index in [9.17, 15) is 37.3 Å². The number of aromatic nitrogens is 1. The first kappa shape index (κ1) is 25.3. The second-order valence-electron chi connectivity index (χ2n) is 8.08. The summed E-state index contributed by atoms with van der Waals surface area (Å²) in [5.74, 6) is -3.53. The molecular weight excluding hydrogens is 512 g/mol. The highest BCUT2D eigenvalue weighted by molar-refractivity contribution is 8.00. The summed E-state index contributed by atoms with van der Waals surface area (Å²) in [4.78, 5) is 50.1. The number of carbonyl (C=O) groups is 4. The predicted molar refractivity (Wildman–Crippen MR) is 126 cm³/mol. The summed E-state index contributed by atoms with van der Waals surface area (Å²) in [6, 6.07) is 9.12. The van der Waals surface area contributed by atoms with Gasteiger partial charge in [0, 0.05) is 23.5 Å². The second kappa shape index (κ2) is 9.72. The van der Waals surface area contributed by atoms with E-state index in [1.807, 2.05) is 0 Å². The van der Waals surface area contributed by atoms with E-state index in [1.165, 1.54) is 48.2 Å². The Morgan fingerprint density at radius 2 is 1.81 bits per heavy atom. The lowest BCUT2D eigenvalue weighted by molar-refractivity contribution is -0.689. The average molecular weight is 534 g/mol. The van der Waals surface area contributed by atoms with E-state index < -0.39 is 50.5 Å². The molecule has 1 aromatic heterocycles. The van der Waals surface area contributed by atoms with E-state index in [0.29, 0.717) is 5.57 Å². The van der Waals surface area contributed by atoms with Gasteiger partial charge in [0.25, 0.3) is 16.0 Å². The summed E-state index contributed by atoms with van der Waals surface area (Å²) in [5, 5.41) is 9.47. The molecule has 1 aromatic carbocycles. The van der Waals surface area contributed by atoms with Crippen LogP contribution in [0.1, 0.15) is 21.2 Å². The quantitative estimate of drug-likeness (QED) is 0.196. The van der Waals surface area contributed by atoms with Crippen molar-refractivity contribution in [1.82, 2.24) is 10.2 Å². The van der Waals surface area contributed by atoms with Crippen LogP contribution in [0, 0.1) is 0 Å². The number of fused-ring (bicyclic) bond motifs is 1. The zero-order chi connectivity index (χ0) is 26.2. The van der Waals surface area contributed by atoms with Gasteiger partial charge < -0.3 is 16.2 Å². The van der Waals surface area contributed by atoms with Gasteiger partial charge in [0.15, 0.2) is 24.2 Å². The van der Waals surface area contributed by atoms with Gasteiger partial charge in [-0.25, -0.2) is 9.36 Å². The van der Waals surface area contributed by atoms with Crippen LogP contribution in [0.15, 0.2) is 66.1 Å². The van der Waals surface area contributed by atoms with E-state index in [4.69, 9.17) is 5.73 Å². The lowest BCUT2D eigenvalue weighted by Gasteiger charge is -2.49. The maximum Gasteiger partial charge on any atom is 0.352 e. The van der Waals surface area contributed by atoms with Crippen LogP contribution >= 0.6 is 11.8 Å². The highest BCUT2D eigenvalue weighted by atomic mass is 32.2. The maximum atomic E-state index is 12.9. The molecule has 0 bridgehead atoms. The normalized spacial score (nSPS) is 20.2. The molecule has 4 rings (SSSR count). The lowest BCUT2D eigenvalue weighted by atomic mass is 10.0. The molecule has 3 amide bonds. The Morgan fingerprint density at radius 3 is 2.36 bits per heavy atom. The molecule has 0 radical (unpaired) electrons. The van der Waals surface area contributed by atoms with Crippen LogP contribution in [0.3, 0.4) is 0 Å². The number of carbonyl (C=O) groups excluding carboxylic acids is 3. The third kappa shape index (κ3) is 4.82. The number of hydrogen-bond donors (Lipinski definition) is 4. The van der Waals surface area contributed by atoms with Gasteiger partial charge >= 0.3 is 5.97 Å². The minimum atomic E-state index is -4.85. The van der Waals surface area contributed by atoms with E-state index >= 15 is 0 Å². The summed E-state index contributed by atoms with van der Waals surface area (Å²) in [6.45, 7) is 0.125. The van der Waals surface area contributed by atoms with Crippen LogP contribution in [0.5, 0.6) is 0 Å². The first-order chi connectivity index (χ1) is 17.0. The molecule has 36 heavy (non-hydrogen) atoms. The molecule has 188 valence electrons. The van der Waals surface area contributed by atoms with E-state index in [2.05, 4.69) is 5.32 Å². The van der Waals surface area contributed by atoms with Gasteiger partial charge in [0.05, 0.1) is 5.56 Å². The number of hydrogen-bond acceptors (Lipinski definition) is 7. The largest absolute Gasteiger partial charge is 0.477 e. The van der Waals surface area contributed by atoms with Crippen molar-refractivity contribution in [1.29, 1.82) is 0 Å². The Balaban J connectivity index is 1.54. The molecule has 0 saturated carbocycles. The number of aliphatic carboxylic acids is 1. The number of nitrogens with two attached hydrogens (primary N) is 1. The van der Waals surface area contributed by atoms with Crippen LogP contribution in [0.25, 0.3) is 0 Å². The predicted octanol–water partition coefficient (Wildman–Crippen LogP) is -0.559. The van der Waals surface area contributed by atoms with Crippen LogP contribution in [0.2, 0.25) is 0 Å². The smallest absolute Gasteiger partial charge is 0.352 e. The Hall–Kier alpha value is -3.75. The topological polar surface area (TPSA) is 188 Å². The van der Waals surface area contributed by atoms with Gasteiger partial charge in [-0.2, -0.15) is 8.42 Å². The Kier molecular flexibility index (Phi) is 6.84. The molecule has 3 heterocycles. The SMILES string of the molecule is NC(=O)c1cc[n+](CC2=C(C(=O)O)N3C(=O)[C@H](NC(=O)C(c4ccccc4)S(=O)(=O)O)[C@@H]3SC2)cc1. The fourth-order valence-electron chi connectivity index (χ4n) is 4.07. The summed E-state index contributed by atoms with van der Waals surface area (Å²) in [7, 11) is -4.85. The summed E-state index contributed by atoms with van der Waals surface area (Å²) >= 11 is 1.21. The highest BCUT2D eigenvalue weighted by Gasteiger charge is 2.55. The van der Waals surface area contributed by atoms with Crippen molar-refractivity contribution >= 4 is 45.6 Å². The molecule has 2 aromatic rings. The molecule has 0 spiro atoms. The maximum absolute atomic E-state index is 12.9. The number of benzene rings is 1. The molecule has 2 aliphatic heterocycles. The molecular formula is C22H21N4O8S2+. The van der Waals surface area contributed by atoms with Crippen LogP contribution < -0.4 is 15.6 Å². The van der Waals surface area contributed by atoms with Gasteiger partial charge in [-0.3, -0.25) is 23.8 Å². The van der Waals surface area contributed by atoms with E-state index in [1.54, 1.807) is 23.0 Å². The minimum Gasteiger partial charge on any atom is -0.477 e. The number of primary amides is 1. The molecule has 5 N–H and O–H groups in total. The Morgan fingerprint density at radius 1 is 1.17 bits per heavy atom.